The zero-order valence-corrected chi connectivity index (χ0v) is 9.71. The minimum absolute atomic E-state index is 0.0231. The molecule has 6 nitrogen and oxygen atoms in total. The average molecular weight is 231 g/mol. The summed E-state index contributed by atoms with van der Waals surface area (Å²) in [6, 6.07) is 0. The van der Waals surface area contributed by atoms with Crippen LogP contribution in [-0.2, 0) is 18.9 Å². The fourth-order valence-electron chi connectivity index (χ4n) is 2.26. The fraction of sp³-hybridized carbons (Fsp3) is 0.364. The van der Waals surface area contributed by atoms with Crippen LogP contribution in [0.3, 0.4) is 0 Å². The Hall–Kier alpha value is -2.11. The lowest BCUT2D eigenvalue weighted by Crippen LogP contribution is -2.24. The summed E-state index contributed by atoms with van der Waals surface area (Å²) in [5, 5.41) is 11.2. The molecule has 0 aliphatic carbocycles. The summed E-state index contributed by atoms with van der Waals surface area (Å²) >= 11 is 0. The van der Waals surface area contributed by atoms with Gasteiger partial charge in [0, 0.05) is 38.2 Å². The van der Waals surface area contributed by atoms with Crippen molar-refractivity contribution in [2.75, 3.05) is 5.32 Å². The van der Waals surface area contributed by atoms with E-state index in [1.54, 1.807) is 15.6 Å². The molecule has 0 aromatic carbocycles. The Morgan fingerprint density at radius 3 is 2.88 bits per heavy atom. The molecular formula is C11H13N5O. The Balaban J connectivity index is 2.09. The standard InChI is InChI=1S/C11H13N5O/c1-15-6-7(4-12-15)8-3-10(17)14-11-9(8)5-13-16(11)2/h4-6,8H,3H2,1-2H3,(H,14,17)/t8-/m0/s1. The molecule has 1 aliphatic rings. The van der Waals surface area contributed by atoms with Crippen molar-refractivity contribution in [2.24, 2.45) is 14.1 Å². The molecule has 88 valence electrons. The van der Waals surface area contributed by atoms with Crippen LogP contribution in [0.5, 0.6) is 0 Å². The molecule has 2 aromatic rings. The summed E-state index contributed by atoms with van der Waals surface area (Å²) in [4.78, 5) is 11.7. The summed E-state index contributed by atoms with van der Waals surface area (Å²) in [6.45, 7) is 0. The molecule has 1 amide bonds. The first-order valence-electron chi connectivity index (χ1n) is 5.45. The van der Waals surface area contributed by atoms with Crippen molar-refractivity contribution in [2.45, 2.75) is 12.3 Å². The predicted molar refractivity (Wildman–Crippen MR) is 61.5 cm³/mol. The number of rotatable bonds is 1. The highest BCUT2D eigenvalue weighted by atomic mass is 16.1. The number of aryl methyl sites for hydroxylation is 2. The number of amides is 1. The molecule has 0 saturated carbocycles. The summed E-state index contributed by atoms with van der Waals surface area (Å²) in [5.74, 6) is 0.867. The highest BCUT2D eigenvalue weighted by Gasteiger charge is 2.29. The van der Waals surface area contributed by atoms with E-state index < -0.39 is 0 Å². The topological polar surface area (TPSA) is 64.7 Å². The van der Waals surface area contributed by atoms with E-state index in [0.29, 0.717) is 6.42 Å². The number of hydrogen-bond donors (Lipinski definition) is 1. The maximum Gasteiger partial charge on any atom is 0.226 e. The van der Waals surface area contributed by atoms with Crippen LogP contribution in [0.1, 0.15) is 23.5 Å². The lowest BCUT2D eigenvalue weighted by molar-refractivity contribution is -0.116. The van der Waals surface area contributed by atoms with Gasteiger partial charge in [0.05, 0.1) is 12.4 Å². The van der Waals surface area contributed by atoms with Crippen LogP contribution in [0, 0.1) is 0 Å². The third-order valence-electron chi connectivity index (χ3n) is 3.12. The van der Waals surface area contributed by atoms with E-state index in [4.69, 9.17) is 0 Å². The molecule has 6 heteroatoms. The Bertz CT molecular complexity index is 582. The summed E-state index contributed by atoms with van der Waals surface area (Å²) < 4.78 is 3.44. The number of nitrogens with zero attached hydrogens (tertiary/aromatic N) is 4. The molecule has 0 unspecified atom stereocenters. The van der Waals surface area contributed by atoms with Crippen molar-refractivity contribution in [3.8, 4) is 0 Å². The van der Waals surface area contributed by atoms with Crippen LogP contribution in [0.15, 0.2) is 18.6 Å². The van der Waals surface area contributed by atoms with E-state index in [1.807, 2.05) is 26.5 Å². The highest BCUT2D eigenvalue weighted by Crippen LogP contribution is 2.36. The van der Waals surface area contributed by atoms with E-state index >= 15 is 0 Å². The van der Waals surface area contributed by atoms with Gasteiger partial charge in [-0.1, -0.05) is 0 Å². The van der Waals surface area contributed by atoms with Gasteiger partial charge in [0.2, 0.25) is 5.91 Å². The van der Waals surface area contributed by atoms with Gasteiger partial charge in [-0.05, 0) is 5.56 Å². The van der Waals surface area contributed by atoms with Gasteiger partial charge in [-0.2, -0.15) is 10.2 Å². The summed E-state index contributed by atoms with van der Waals surface area (Å²) in [7, 11) is 3.70. The van der Waals surface area contributed by atoms with E-state index in [2.05, 4.69) is 15.5 Å². The van der Waals surface area contributed by atoms with Gasteiger partial charge in [-0.3, -0.25) is 14.2 Å². The van der Waals surface area contributed by atoms with Gasteiger partial charge in [0.15, 0.2) is 0 Å². The lowest BCUT2D eigenvalue weighted by atomic mass is 9.89. The molecule has 1 atom stereocenters. The van der Waals surface area contributed by atoms with Gasteiger partial charge < -0.3 is 5.32 Å². The van der Waals surface area contributed by atoms with Gasteiger partial charge in [-0.25, -0.2) is 0 Å². The minimum atomic E-state index is 0.0231. The van der Waals surface area contributed by atoms with Crippen LogP contribution in [-0.4, -0.2) is 25.5 Å². The lowest BCUT2D eigenvalue weighted by Gasteiger charge is -2.21. The van der Waals surface area contributed by atoms with E-state index in [-0.39, 0.29) is 11.8 Å². The first kappa shape index (κ1) is 10.1. The maximum atomic E-state index is 11.7. The Morgan fingerprint density at radius 2 is 2.18 bits per heavy atom. The van der Waals surface area contributed by atoms with Crippen molar-refractivity contribution in [3.05, 3.63) is 29.7 Å². The van der Waals surface area contributed by atoms with E-state index in [0.717, 1.165) is 16.9 Å². The Labute approximate surface area is 98.2 Å². The molecule has 17 heavy (non-hydrogen) atoms. The first-order valence-corrected chi connectivity index (χ1v) is 5.45. The molecular weight excluding hydrogens is 218 g/mol. The summed E-state index contributed by atoms with van der Waals surface area (Å²) in [5.41, 5.74) is 2.11. The number of carbonyl (C=O) groups excluding carboxylic acids is 1. The largest absolute Gasteiger partial charge is 0.311 e. The molecule has 0 spiro atoms. The smallest absolute Gasteiger partial charge is 0.226 e. The van der Waals surface area contributed by atoms with Gasteiger partial charge in [0.1, 0.15) is 5.82 Å². The van der Waals surface area contributed by atoms with Crippen molar-refractivity contribution in [1.82, 2.24) is 19.6 Å². The summed E-state index contributed by atoms with van der Waals surface area (Å²) in [6.07, 6.45) is 6.01. The number of anilines is 1. The van der Waals surface area contributed by atoms with Crippen molar-refractivity contribution >= 4 is 11.7 Å². The number of carbonyl (C=O) groups is 1. The average Bonchev–Trinajstić information content (AvgIpc) is 2.86. The second kappa shape index (κ2) is 3.44. The maximum absolute atomic E-state index is 11.7. The second-order valence-electron chi connectivity index (χ2n) is 4.32. The monoisotopic (exact) mass is 231 g/mol. The first-order chi connectivity index (χ1) is 8.15. The van der Waals surface area contributed by atoms with Gasteiger partial charge >= 0.3 is 0 Å². The molecule has 3 heterocycles. The van der Waals surface area contributed by atoms with Crippen LogP contribution in [0.25, 0.3) is 0 Å². The number of aromatic nitrogens is 4. The van der Waals surface area contributed by atoms with Crippen LogP contribution >= 0.6 is 0 Å². The van der Waals surface area contributed by atoms with Gasteiger partial charge in [-0.15, -0.1) is 0 Å². The predicted octanol–water partition coefficient (Wildman–Crippen LogP) is 0.628. The normalized spacial score (nSPS) is 18.9. The van der Waals surface area contributed by atoms with Crippen molar-refractivity contribution < 1.29 is 4.79 Å². The zero-order chi connectivity index (χ0) is 12.0. The molecule has 2 aromatic heterocycles. The number of fused-ring (bicyclic) bond motifs is 1. The van der Waals surface area contributed by atoms with E-state index in [9.17, 15) is 4.79 Å². The number of hydrogen-bond acceptors (Lipinski definition) is 3. The van der Waals surface area contributed by atoms with Crippen molar-refractivity contribution in [3.63, 3.8) is 0 Å². The molecule has 0 saturated heterocycles. The fourth-order valence-corrected chi connectivity index (χ4v) is 2.26. The van der Waals surface area contributed by atoms with Crippen LogP contribution < -0.4 is 5.32 Å². The highest BCUT2D eigenvalue weighted by molar-refractivity contribution is 5.94. The zero-order valence-electron chi connectivity index (χ0n) is 9.71. The molecule has 3 rings (SSSR count). The van der Waals surface area contributed by atoms with Gasteiger partial charge in [0.25, 0.3) is 0 Å². The van der Waals surface area contributed by atoms with Crippen LogP contribution in [0.2, 0.25) is 0 Å². The molecule has 1 N–H and O–H groups in total. The third-order valence-corrected chi connectivity index (χ3v) is 3.12. The Kier molecular flexibility index (Phi) is 2.04. The SMILES string of the molecule is Cn1cc([C@@H]2CC(=O)Nc3c2cnn3C)cn1. The molecule has 0 bridgehead atoms. The minimum Gasteiger partial charge on any atom is -0.311 e. The number of nitrogens with one attached hydrogen (secondary N) is 1. The third kappa shape index (κ3) is 1.52. The van der Waals surface area contributed by atoms with Crippen LogP contribution in [0.4, 0.5) is 5.82 Å². The van der Waals surface area contributed by atoms with E-state index in [1.165, 1.54) is 0 Å². The molecule has 0 radical (unpaired) electrons. The second-order valence-corrected chi connectivity index (χ2v) is 4.32. The van der Waals surface area contributed by atoms with Crippen molar-refractivity contribution in [1.29, 1.82) is 0 Å². The quantitative estimate of drug-likeness (QED) is 0.782. The molecule has 0 fully saturated rings. The molecule has 1 aliphatic heterocycles. The Morgan fingerprint density at radius 1 is 1.35 bits per heavy atom.